The number of amides is 1. The lowest BCUT2D eigenvalue weighted by molar-refractivity contribution is -0.137. The molecule has 10 heteroatoms. The van der Waals surface area contributed by atoms with Gasteiger partial charge in [0.2, 0.25) is 10.1 Å². The molecule has 9 nitrogen and oxygen atoms in total. The number of hydrogen-bond donors (Lipinski definition) is 3. The van der Waals surface area contributed by atoms with E-state index in [4.69, 9.17) is 4.74 Å². The average Bonchev–Trinajstić information content (AvgIpc) is 3.25. The predicted octanol–water partition coefficient (Wildman–Crippen LogP) is 3.86. The highest BCUT2D eigenvalue weighted by Gasteiger charge is 2.26. The summed E-state index contributed by atoms with van der Waals surface area (Å²) in [5.74, 6) is -0.806. The van der Waals surface area contributed by atoms with E-state index in [1.807, 2.05) is 19.1 Å². The number of anilines is 3. The van der Waals surface area contributed by atoms with E-state index in [9.17, 15) is 14.7 Å². The van der Waals surface area contributed by atoms with Gasteiger partial charge in [0, 0.05) is 32.8 Å². The van der Waals surface area contributed by atoms with Crippen molar-refractivity contribution in [2.45, 2.75) is 52.0 Å². The molecule has 33 heavy (non-hydrogen) atoms. The highest BCUT2D eigenvalue weighted by molar-refractivity contribution is 7.17. The Balaban J connectivity index is 2.00. The first kappa shape index (κ1) is 24.9. The number of carbonyl (C=O) groups is 2. The Morgan fingerprint density at radius 2 is 1.97 bits per heavy atom. The summed E-state index contributed by atoms with van der Waals surface area (Å²) in [5.41, 5.74) is 2.78. The zero-order valence-electron chi connectivity index (χ0n) is 19.6. The summed E-state index contributed by atoms with van der Waals surface area (Å²) in [4.78, 5) is 25.6. The van der Waals surface area contributed by atoms with E-state index >= 15 is 0 Å². The molecule has 1 atom stereocenters. The Morgan fingerprint density at radius 3 is 2.61 bits per heavy atom. The smallest absolute Gasteiger partial charge is 0.303 e. The predicted molar refractivity (Wildman–Crippen MR) is 130 cm³/mol. The van der Waals surface area contributed by atoms with Crippen molar-refractivity contribution in [3.63, 3.8) is 0 Å². The van der Waals surface area contributed by atoms with E-state index in [1.54, 1.807) is 7.05 Å². The molecule has 1 saturated heterocycles. The van der Waals surface area contributed by atoms with Crippen LogP contribution in [0.25, 0.3) is 0 Å². The van der Waals surface area contributed by atoms with E-state index in [-0.39, 0.29) is 23.3 Å². The number of carbonyl (C=O) groups excluding carboxylic acids is 1. The standard InChI is InChI=1S/C23H33N5O4S/c1-14(2)13-28(17-7-9-32-10-8-17)19-6-5-16(15(3)11-20(29)30)12-18(19)25-23-27-26-22(33-23)21(31)24-4/h5-6,12,14-15,17H,7-11,13H2,1-4H3,(H,24,31)(H,25,27)(H,29,30)/t15-/m1/s1. The maximum atomic E-state index is 11.9. The number of rotatable bonds is 10. The third-order valence-corrected chi connectivity index (χ3v) is 6.50. The summed E-state index contributed by atoms with van der Waals surface area (Å²) in [6.07, 6.45) is 1.94. The molecule has 0 bridgehead atoms. The first-order chi connectivity index (χ1) is 15.8. The van der Waals surface area contributed by atoms with Crippen LogP contribution in [0.15, 0.2) is 18.2 Å². The Labute approximate surface area is 198 Å². The van der Waals surface area contributed by atoms with Crippen molar-refractivity contribution in [1.82, 2.24) is 15.5 Å². The summed E-state index contributed by atoms with van der Waals surface area (Å²) < 4.78 is 5.59. The van der Waals surface area contributed by atoms with E-state index in [0.717, 1.165) is 49.5 Å². The van der Waals surface area contributed by atoms with Gasteiger partial charge in [-0.15, -0.1) is 10.2 Å². The van der Waals surface area contributed by atoms with E-state index in [2.05, 4.69) is 45.6 Å². The van der Waals surface area contributed by atoms with Crippen molar-refractivity contribution >= 4 is 39.7 Å². The Kier molecular flexibility index (Phi) is 8.62. The Morgan fingerprint density at radius 1 is 1.24 bits per heavy atom. The summed E-state index contributed by atoms with van der Waals surface area (Å²) in [7, 11) is 1.56. The van der Waals surface area contributed by atoms with Crippen molar-refractivity contribution in [2.24, 2.45) is 5.92 Å². The first-order valence-corrected chi connectivity index (χ1v) is 12.1. The fraction of sp³-hybridized carbons (Fsp3) is 0.565. The average molecular weight is 476 g/mol. The molecule has 2 heterocycles. The van der Waals surface area contributed by atoms with Crippen molar-refractivity contribution in [3.05, 3.63) is 28.8 Å². The number of nitrogens with zero attached hydrogens (tertiary/aromatic N) is 3. The minimum Gasteiger partial charge on any atom is -0.481 e. The van der Waals surface area contributed by atoms with Crippen molar-refractivity contribution in [1.29, 1.82) is 0 Å². The molecule has 0 saturated carbocycles. The molecule has 0 aliphatic carbocycles. The minimum atomic E-state index is -0.830. The molecule has 180 valence electrons. The number of nitrogens with one attached hydrogen (secondary N) is 2. The highest BCUT2D eigenvalue weighted by Crippen LogP contribution is 2.36. The second-order valence-corrected chi connectivity index (χ2v) is 9.76. The van der Waals surface area contributed by atoms with Crippen LogP contribution in [0.3, 0.4) is 0 Å². The molecule has 1 aliphatic rings. The molecule has 1 aromatic carbocycles. The van der Waals surface area contributed by atoms with Crippen LogP contribution >= 0.6 is 11.3 Å². The van der Waals surface area contributed by atoms with E-state index < -0.39 is 5.97 Å². The topological polar surface area (TPSA) is 117 Å². The molecule has 1 fully saturated rings. The fourth-order valence-corrected chi connectivity index (χ4v) is 4.71. The van der Waals surface area contributed by atoms with Gasteiger partial charge in [-0.05, 0) is 42.4 Å². The van der Waals surface area contributed by atoms with Gasteiger partial charge in [0.1, 0.15) is 0 Å². The number of benzene rings is 1. The molecule has 3 N–H and O–H groups in total. The lowest BCUT2D eigenvalue weighted by Crippen LogP contribution is -2.42. The molecule has 0 unspecified atom stereocenters. The summed E-state index contributed by atoms with van der Waals surface area (Å²) in [5, 5.41) is 24.1. The molecule has 1 aromatic heterocycles. The largest absolute Gasteiger partial charge is 0.481 e. The maximum absolute atomic E-state index is 11.9. The lowest BCUT2D eigenvalue weighted by Gasteiger charge is -2.38. The van der Waals surface area contributed by atoms with Crippen LogP contribution in [0.1, 0.15) is 61.3 Å². The van der Waals surface area contributed by atoms with Crippen LogP contribution in [-0.2, 0) is 9.53 Å². The second-order valence-electron chi connectivity index (χ2n) is 8.78. The van der Waals surface area contributed by atoms with Crippen LogP contribution in [-0.4, -0.2) is 60.0 Å². The molecule has 2 aromatic rings. The summed E-state index contributed by atoms with van der Waals surface area (Å²) in [6.45, 7) is 8.66. The number of aliphatic carboxylic acids is 1. The Bertz CT molecular complexity index is 958. The number of hydrogen-bond acceptors (Lipinski definition) is 8. The highest BCUT2D eigenvalue weighted by atomic mass is 32.1. The lowest BCUT2D eigenvalue weighted by atomic mass is 9.95. The molecule has 1 amide bonds. The van der Waals surface area contributed by atoms with Crippen LogP contribution in [0.4, 0.5) is 16.5 Å². The molecule has 0 radical (unpaired) electrons. The van der Waals surface area contributed by atoms with Gasteiger partial charge in [0.05, 0.1) is 17.8 Å². The molecule has 3 rings (SSSR count). The number of carboxylic acid groups (broad SMARTS) is 1. The van der Waals surface area contributed by atoms with Gasteiger partial charge < -0.3 is 25.4 Å². The van der Waals surface area contributed by atoms with E-state index in [1.165, 1.54) is 11.3 Å². The fourth-order valence-electron chi connectivity index (χ4n) is 4.01. The maximum Gasteiger partial charge on any atom is 0.303 e. The van der Waals surface area contributed by atoms with Crippen LogP contribution < -0.4 is 15.5 Å². The second kappa shape index (κ2) is 11.4. The normalized spacial score (nSPS) is 15.3. The van der Waals surface area contributed by atoms with Crippen LogP contribution in [0, 0.1) is 5.92 Å². The molecular formula is C23H33N5O4S. The van der Waals surface area contributed by atoms with E-state index in [0.29, 0.717) is 17.1 Å². The first-order valence-electron chi connectivity index (χ1n) is 11.3. The third-order valence-electron chi connectivity index (χ3n) is 5.66. The van der Waals surface area contributed by atoms with Gasteiger partial charge in [-0.25, -0.2) is 0 Å². The van der Waals surface area contributed by atoms with Gasteiger partial charge in [-0.1, -0.05) is 38.2 Å². The van der Waals surface area contributed by atoms with Crippen molar-refractivity contribution in [2.75, 3.05) is 37.0 Å². The zero-order chi connectivity index (χ0) is 24.0. The van der Waals surface area contributed by atoms with Crippen molar-refractivity contribution < 1.29 is 19.4 Å². The van der Waals surface area contributed by atoms with Gasteiger partial charge in [0.25, 0.3) is 5.91 Å². The van der Waals surface area contributed by atoms with Crippen LogP contribution in [0.2, 0.25) is 0 Å². The third kappa shape index (κ3) is 6.64. The molecular weight excluding hydrogens is 442 g/mol. The molecule has 0 spiro atoms. The number of carboxylic acids is 1. The van der Waals surface area contributed by atoms with Gasteiger partial charge in [-0.2, -0.15) is 0 Å². The van der Waals surface area contributed by atoms with Gasteiger partial charge in [0.15, 0.2) is 0 Å². The Hall–Kier alpha value is -2.72. The summed E-state index contributed by atoms with van der Waals surface area (Å²) >= 11 is 1.18. The zero-order valence-corrected chi connectivity index (χ0v) is 20.4. The number of ether oxygens (including phenoxy) is 1. The van der Waals surface area contributed by atoms with Gasteiger partial charge in [-0.3, -0.25) is 9.59 Å². The minimum absolute atomic E-state index is 0.0497. The quantitative estimate of drug-likeness (QED) is 0.474. The van der Waals surface area contributed by atoms with Crippen molar-refractivity contribution in [3.8, 4) is 0 Å². The molecule has 1 aliphatic heterocycles. The van der Waals surface area contributed by atoms with Gasteiger partial charge >= 0.3 is 5.97 Å². The monoisotopic (exact) mass is 475 g/mol. The summed E-state index contributed by atoms with van der Waals surface area (Å²) in [6, 6.07) is 6.42. The van der Waals surface area contributed by atoms with Crippen LogP contribution in [0.5, 0.6) is 0 Å². The number of aromatic nitrogens is 2. The SMILES string of the molecule is CNC(=O)c1nnc(Nc2cc([C@H](C)CC(=O)O)ccc2N(CC(C)C)C2CCOCC2)s1.